The molecule has 0 aliphatic carbocycles. The lowest BCUT2D eigenvalue weighted by Gasteiger charge is -2.23. The van der Waals surface area contributed by atoms with Crippen molar-refractivity contribution in [1.82, 2.24) is 39.0 Å². The zero-order valence-electron chi connectivity index (χ0n) is 27.8. The summed E-state index contributed by atoms with van der Waals surface area (Å²) in [4.78, 5) is 77.7. The highest BCUT2D eigenvalue weighted by molar-refractivity contribution is 7.69. The highest BCUT2D eigenvalue weighted by Gasteiger charge is 2.52. The maximum Gasteiger partial charge on any atom is 0.510 e. The van der Waals surface area contributed by atoms with Gasteiger partial charge in [-0.15, -0.1) is 0 Å². The average Bonchev–Trinajstić information content (AvgIpc) is 3.84. The number of nitrogen functional groups attached to an aromatic ring is 2. The number of hydrogen-bond acceptors (Lipinski definition) is 26. The van der Waals surface area contributed by atoms with Crippen molar-refractivity contribution >= 4 is 65.5 Å². The standard InChI is InChI=1S/C20H28N10O23P4/c1-44-57(43,48-18-11(34)10(33)17(47-18)30-4-24-7-13(30)26-20(22)28-15(7)36)53-56(41,42)52-55(39,40)51-54(37,38)50-49-45-2-5-8(31)9(32)16(46-5)29-3-23-6-12(29)25-19(21)27-14(6)35/h3-5,8-11,16-18,31-34H,2H2,1H3,(H,37,38)(H,39,40)(H,41,42)(H3,21,25,27,35)(H3,22,26,28,36)/t5-,8+,9-,10-,11-,16-,17-,18-,57?/m1/s1. The topological polar surface area (TPSA) is 481 Å². The van der Waals surface area contributed by atoms with E-state index in [4.69, 9.17) is 25.5 Å². The monoisotopic (exact) mass is 900 g/mol. The van der Waals surface area contributed by atoms with Crippen molar-refractivity contribution < 1.29 is 99.4 Å². The average molecular weight is 900 g/mol. The molecule has 4 unspecified atom stereocenters. The van der Waals surface area contributed by atoms with Gasteiger partial charge in [-0.3, -0.25) is 27.8 Å². The fourth-order valence-electron chi connectivity index (χ4n) is 5.14. The molecule has 6 rings (SSSR count). The quantitative estimate of drug-likeness (QED) is 0.0226. The van der Waals surface area contributed by atoms with Gasteiger partial charge in [0.15, 0.2) is 29.8 Å². The molecular formula is C20H28N10O23P4. The number of aliphatic hydroxyl groups excluding tert-OH is 4. The van der Waals surface area contributed by atoms with Gasteiger partial charge in [0.1, 0.15) is 48.4 Å². The van der Waals surface area contributed by atoms with E-state index >= 15 is 0 Å². The van der Waals surface area contributed by atoms with Crippen LogP contribution in [0.15, 0.2) is 22.2 Å². The van der Waals surface area contributed by atoms with E-state index in [1.807, 2.05) is 0 Å². The SMILES string of the molecule is COP(=O)(O[C@H]1O[C@@H](n2cnc3c(=O)nc(N)[nH]c32)[C@H](O)[C@H]1O)OP(=O)(O)OP(=O)(O)OP(=O)(O)OOOC[C@H]1O[C@@H](n2cnc3c(=O)nc(N)[nH]c32)[C@H](O)[C@H]1O. The molecule has 0 saturated carbocycles. The Bertz CT molecular complexity index is 2460. The molecule has 33 nitrogen and oxygen atoms in total. The third-order valence-corrected chi connectivity index (χ3v) is 13.6. The normalized spacial score (nSPS) is 29.6. The number of phosphoric ester groups is 1. The summed E-state index contributed by atoms with van der Waals surface area (Å²) in [7, 11) is -23.5. The molecule has 0 spiro atoms. The van der Waals surface area contributed by atoms with Crippen LogP contribution >= 0.6 is 31.3 Å². The summed E-state index contributed by atoms with van der Waals surface area (Å²) >= 11 is 0. The second-order valence-corrected chi connectivity index (χ2v) is 17.7. The smallest absolute Gasteiger partial charge is 0.387 e. The highest BCUT2D eigenvalue weighted by atomic mass is 31.3. The lowest BCUT2D eigenvalue weighted by Crippen LogP contribution is -2.33. The summed E-state index contributed by atoms with van der Waals surface area (Å²) in [6, 6.07) is 0. The number of phosphoric acid groups is 4. The van der Waals surface area contributed by atoms with E-state index in [0.717, 1.165) is 21.8 Å². The molecule has 2 fully saturated rings. The Labute approximate surface area is 311 Å². The Morgan fingerprint density at radius 3 is 1.79 bits per heavy atom. The first-order chi connectivity index (χ1) is 26.5. The first kappa shape index (κ1) is 43.1. The highest BCUT2D eigenvalue weighted by Crippen LogP contribution is 2.72. The number of H-pyrrole nitrogens is 2. The number of nitrogens with one attached hydrogen (secondary N) is 2. The van der Waals surface area contributed by atoms with Crippen molar-refractivity contribution in [2.24, 2.45) is 0 Å². The van der Waals surface area contributed by atoms with E-state index in [2.05, 4.69) is 62.0 Å². The minimum absolute atomic E-state index is 0.0466. The maximum atomic E-state index is 13.1. The van der Waals surface area contributed by atoms with Crippen molar-refractivity contribution in [1.29, 1.82) is 0 Å². The van der Waals surface area contributed by atoms with E-state index in [1.165, 1.54) is 0 Å². The number of aromatic nitrogens is 8. The number of imidazole rings is 2. The van der Waals surface area contributed by atoms with Crippen molar-refractivity contribution in [2.75, 3.05) is 25.2 Å². The van der Waals surface area contributed by atoms with Gasteiger partial charge in [0.2, 0.25) is 11.9 Å². The van der Waals surface area contributed by atoms with E-state index in [9.17, 15) is 63.0 Å². The molecule has 2 aliphatic heterocycles. The van der Waals surface area contributed by atoms with Gasteiger partial charge in [0.25, 0.3) is 0 Å². The summed E-state index contributed by atoms with van der Waals surface area (Å²) in [5, 5.41) is 45.9. The van der Waals surface area contributed by atoms with Crippen molar-refractivity contribution in [3.63, 3.8) is 0 Å². The van der Waals surface area contributed by atoms with Gasteiger partial charge in [-0.2, -0.15) is 22.9 Å². The molecule has 4 aromatic heterocycles. The van der Waals surface area contributed by atoms with Crippen molar-refractivity contribution in [2.45, 2.75) is 49.3 Å². The van der Waals surface area contributed by atoms with Gasteiger partial charge in [-0.25, -0.2) is 33.1 Å². The largest absolute Gasteiger partial charge is 0.510 e. The number of anilines is 2. The fraction of sp³-hybridized carbons (Fsp3) is 0.500. The van der Waals surface area contributed by atoms with Crippen LogP contribution in [-0.2, 0) is 64.3 Å². The molecule has 0 aromatic carbocycles. The molecule has 57 heavy (non-hydrogen) atoms. The van der Waals surface area contributed by atoms with Crippen molar-refractivity contribution in [3.05, 3.63) is 33.4 Å². The number of hydrogen-bond donors (Lipinski definition) is 11. The summed E-state index contributed by atoms with van der Waals surface area (Å²) in [5.74, 6) is -0.682. The van der Waals surface area contributed by atoms with Crippen LogP contribution in [0.3, 0.4) is 0 Å². The molecular weight excluding hydrogens is 872 g/mol. The molecule has 13 N–H and O–H groups in total. The van der Waals surface area contributed by atoms with Gasteiger partial charge in [0.05, 0.1) is 12.7 Å². The van der Waals surface area contributed by atoms with Crippen LogP contribution in [0.25, 0.3) is 22.3 Å². The van der Waals surface area contributed by atoms with Gasteiger partial charge in [-0.05, 0) is 0 Å². The van der Waals surface area contributed by atoms with Crippen LogP contribution in [0.4, 0.5) is 11.9 Å². The van der Waals surface area contributed by atoms with E-state index in [-0.39, 0.29) is 34.2 Å². The third kappa shape index (κ3) is 9.24. The molecule has 4 aromatic rings. The van der Waals surface area contributed by atoms with Gasteiger partial charge in [0, 0.05) is 7.11 Å². The Balaban J connectivity index is 1.01. The first-order valence-electron chi connectivity index (χ1n) is 14.9. The zero-order chi connectivity index (χ0) is 41.8. The number of nitrogens with two attached hydrogens (primary N) is 2. The summed E-state index contributed by atoms with van der Waals surface area (Å²) in [5.41, 5.74) is 8.67. The predicted octanol–water partition coefficient (Wildman–Crippen LogP) is -3.38. The number of ether oxygens (including phenoxy) is 2. The lowest BCUT2D eigenvalue weighted by molar-refractivity contribution is -0.476. The Morgan fingerprint density at radius 1 is 0.754 bits per heavy atom. The predicted molar refractivity (Wildman–Crippen MR) is 174 cm³/mol. The molecule has 12 atom stereocenters. The number of aliphatic hydroxyl groups is 4. The van der Waals surface area contributed by atoms with Crippen LogP contribution < -0.4 is 22.6 Å². The van der Waals surface area contributed by atoms with Crippen LogP contribution in [-0.4, -0.2) is 125 Å². The second-order valence-electron chi connectivity index (χ2n) is 11.3. The van der Waals surface area contributed by atoms with E-state index in [1.54, 1.807) is 0 Å². The van der Waals surface area contributed by atoms with Gasteiger partial charge < -0.3 is 66.0 Å². The van der Waals surface area contributed by atoms with Crippen molar-refractivity contribution in [3.8, 4) is 0 Å². The summed E-state index contributed by atoms with van der Waals surface area (Å²) in [6.45, 7) is -0.900. The minimum Gasteiger partial charge on any atom is -0.387 e. The van der Waals surface area contributed by atoms with Gasteiger partial charge in [-0.1, -0.05) is 9.71 Å². The fourth-order valence-corrected chi connectivity index (χ4v) is 10.2. The molecule has 0 amide bonds. The third-order valence-electron chi connectivity index (χ3n) is 7.49. The number of fused-ring (bicyclic) bond motifs is 2. The maximum absolute atomic E-state index is 13.1. The van der Waals surface area contributed by atoms with Crippen LogP contribution in [0.2, 0.25) is 0 Å². The Morgan fingerprint density at radius 2 is 1.25 bits per heavy atom. The molecule has 37 heteroatoms. The minimum atomic E-state index is -6.28. The summed E-state index contributed by atoms with van der Waals surface area (Å²) in [6.07, 6.45) is -12.4. The van der Waals surface area contributed by atoms with Crippen LogP contribution in [0.1, 0.15) is 12.5 Å². The summed E-state index contributed by atoms with van der Waals surface area (Å²) < 4.78 is 87.9. The molecule has 0 radical (unpaired) electrons. The van der Waals surface area contributed by atoms with E-state index in [0.29, 0.717) is 7.11 Å². The molecule has 2 saturated heterocycles. The Hall–Kier alpha value is -3.46. The molecule has 316 valence electrons. The Kier molecular flexibility index (Phi) is 12.1. The first-order valence-corrected chi connectivity index (χ1v) is 20.9. The van der Waals surface area contributed by atoms with Gasteiger partial charge >= 0.3 is 42.4 Å². The second kappa shape index (κ2) is 16.0. The lowest BCUT2D eigenvalue weighted by atomic mass is 10.1. The number of aromatic amines is 2. The van der Waals surface area contributed by atoms with E-state index < -0.39 is 98.3 Å². The number of nitrogens with zero attached hydrogens (tertiary/aromatic N) is 6. The zero-order valence-corrected chi connectivity index (χ0v) is 31.3. The molecule has 6 heterocycles. The molecule has 0 bridgehead atoms. The van der Waals surface area contributed by atoms with Crippen LogP contribution in [0, 0.1) is 0 Å². The van der Waals surface area contributed by atoms with Crippen LogP contribution in [0.5, 0.6) is 0 Å². The number of rotatable bonds is 16. The molecule has 2 aliphatic rings.